The Bertz CT molecular complexity index is 647. The van der Waals surface area contributed by atoms with Crippen LogP contribution in [0.5, 0.6) is 5.75 Å². The predicted octanol–water partition coefficient (Wildman–Crippen LogP) is 3.59. The minimum atomic E-state index is 0.0437. The molecule has 0 aliphatic heterocycles. The van der Waals surface area contributed by atoms with Crippen LogP contribution in [-0.4, -0.2) is 18.2 Å². The van der Waals surface area contributed by atoms with Crippen LogP contribution in [0, 0.1) is 0 Å². The van der Waals surface area contributed by atoms with E-state index >= 15 is 0 Å². The van der Waals surface area contributed by atoms with Gasteiger partial charge in [0.2, 0.25) is 0 Å². The summed E-state index contributed by atoms with van der Waals surface area (Å²) in [5, 5.41) is 12.5. The van der Waals surface area contributed by atoms with Crippen molar-refractivity contribution in [2.45, 2.75) is 9.79 Å². The molecule has 0 amide bonds. The van der Waals surface area contributed by atoms with Crippen LogP contribution in [0.15, 0.2) is 57.4 Å². The summed E-state index contributed by atoms with van der Waals surface area (Å²) in [5.41, 5.74) is 6.31. The van der Waals surface area contributed by atoms with Crippen LogP contribution < -0.4 is 10.5 Å². The highest BCUT2D eigenvalue weighted by Crippen LogP contribution is 2.36. The Morgan fingerprint density at radius 2 is 2.00 bits per heavy atom. The maximum atomic E-state index is 8.86. The van der Waals surface area contributed by atoms with Gasteiger partial charge in [0.15, 0.2) is 5.84 Å². The molecule has 104 valence electrons. The second-order valence-electron chi connectivity index (χ2n) is 3.88. The zero-order valence-electron chi connectivity index (χ0n) is 10.7. The minimum Gasteiger partial charge on any atom is -0.497 e. The first kappa shape index (κ1) is 14.6. The van der Waals surface area contributed by atoms with Gasteiger partial charge in [-0.25, -0.2) is 0 Å². The fourth-order valence-electron chi connectivity index (χ4n) is 1.63. The van der Waals surface area contributed by atoms with E-state index < -0.39 is 0 Å². The van der Waals surface area contributed by atoms with Gasteiger partial charge in [0, 0.05) is 15.4 Å². The molecule has 2 aromatic rings. The molecule has 6 heteroatoms. The molecule has 0 aliphatic rings. The SMILES string of the molecule is COc1ccc(/C(N)=N/O)c(Sc2ccccc2Cl)c1. The van der Waals surface area contributed by atoms with Gasteiger partial charge in [-0.15, -0.1) is 0 Å². The molecule has 20 heavy (non-hydrogen) atoms. The molecule has 0 bridgehead atoms. The molecule has 3 N–H and O–H groups in total. The van der Waals surface area contributed by atoms with Gasteiger partial charge in [0.25, 0.3) is 0 Å². The molecule has 0 spiro atoms. The molecular formula is C14H13ClN2O2S. The zero-order chi connectivity index (χ0) is 14.5. The summed E-state index contributed by atoms with van der Waals surface area (Å²) in [6.07, 6.45) is 0. The molecule has 0 saturated heterocycles. The van der Waals surface area contributed by atoms with E-state index in [1.807, 2.05) is 30.3 Å². The number of nitrogens with zero attached hydrogens (tertiary/aromatic N) is 1. The summed E-state index contributed by atoms with van der Waals surface area (Å²) in [6, 6.07) is 12.8. The summed E-state index contributed by atoms with van der Waals surface area (Å²) in [4.78, 5) is 1.68. The van der Waals surface area contributed by atoms with Crippen LogP contribution in [0.2, 0.25) is 5.02 Å². The zero-order valence-corrected chi connectivity index (χ0v) is 12.3. The fraction of sp³-hybridized carbons (Fsp3) is 0.0714. The minimum absolute atomic E-state index is 0.0437. The number of rotatable bonds is 4. The molecule has 0 aliphatic carbocycles. The van der Waals surface area contributed by atoms with Gasteiger partial charge in [-0.3, -0.25) is 0 Å². The van der Waals surface area contributed by atoms with Gasteiger partial charge in [-0.05, 0) is 30.3 Å². The van der Waals surface area contributed by atoms with Crippen molar-refractivity contribution >= 4 is 29.2 Å². The Labute approximate surface area is 126 Å². The summed E-state index contributed by atoms with van der Waals surface area (Å²) < 4.78 is 5.20. The normalized spacial score (nSPS) is 11.4. The first-order valence-electron chi connectivity index (χ1n) is 5.74. The molecule has 0 aromatic heterocycles. The Morgan fingerprint density at radius 1 is 1.25 bits per heavy atom. The Kier molecular flexibility index (Phi) is 4.76. The Balaban J connectivity index is 2.46. The first-order chi connectivity index (χ1) is 9.65. The topological polar surface area (TPSA) is 67.8 Å². The van der Waals surface area contributed by atoms with Crippen LogP contribution in [0.3, 0.4) is 0 Å². The molecule has 0 fully saturated rings. The number of hydrogen-bond acceptors (Lipinski definition) is 4. The second-order valence-corrected chi connectivity index (χ2v) is 5.37. The number of benzene rings is 2. The van der Waals surface area contributed by atoms with Crippen LogP contribution in [0.4, 0.5) is 0 Å². The van der Waals surface area contributed by atoms with E-state index in [1.54, 1.807) is 19.2 Å². The third-order valence-electron chi connectivity index (χ3n) is 2.63. The molecule has 4 nitrogen and oxygen atoms in total. The maximum absolute atomic E-state index is 8.86. The molecule has 0 radical (unpaired) electrons. The summed E-state index contributed by atoms with van der Waals surface area (Å²) in [5.74, 6) is 0.733. The Morgan fingerprint density at radius 3 is 2.65 bits per heavy atom. The van der Waals surface area contributed by atoms with E-state index in [2.05, 4.69) is 5.16 Å². The highest BCUT2D eigenvalue weighted by atomic mass is 35.5. The monoisotopic (exact) mass is 308 g/mol. The van der Waals surface area contributed by atoms with E-state index in [0.29, 0.717) is 16.3 Å². The molecule has 2 rings (SSSR count). The number of oxime groups is 1. The maximum Gasteiger partial charge on any atom is 0.171 e. The Hall–Kier alpha value is -1.85. The van der Waals surface area contributed by atoms with Crippen molar-refractivity contribution in [3.63, 3.8) is 0 Å². The van der Waals surface area contributed by atoms with E-state index in [9.17, 15) is 0 Å². The lowest BCUT2D eigenvalue weighted by molar-refractivity contribution is 0.318. The lowest BCUT2D eigenvalue weighted by Gasteiger charge is -2.11. The first-order valence-corrected chi connectivity index (χ1v) is 6.93. The van der Waals surface area contributed by atoms with Gasteiger partial charge in [0.05, 0.1) is 12.1 Å². The van der Waals surface area contributed by atoms with Gasteiger partial charge >= 0.3 is 0 Å². The summed E-state index contributed by atoms with van der Waals surface area (Å²) in [7, 11) is 1.59. The lowest BCUT2D eigenvalue weighted by Crippen LogP contribution is -2.14. The number of amidine groups is 1. The number of ether oxygens (including phenoxy) is 1. The van der Waals surface area contributed by atoms with Crippen molar-refractivity contribution in [2.75, 3.05) is 7.11 Å². The number of halogens is 1. The quantitative estimate of drug-likeness (QED) is 0.392. The highest BCUT2D eigenvalue weighted by Gasteiger charge is 2.11. The van der Waals surface area contributed by atoms with Crippen molar-refractivity contribution in [3.8, 4) is 5.75 Å². The third-order valence-corrected chi connectivity index (χ3v) is 4.20. The van der Waals surface area contributed by atoms with Gasteiger partial charge < -0.3 is 15.7 Å². The molecular weight excluding hydrogens is 296 g/mol. The lowest BCUT2D eigenvalue weighted by atomic mass is 10.2. The van der Waals surface area contributed by atoms with Gasteiger partial charge in [-0.1, -0.05) is 40.7 Å². The van der Waals surface area contributed by atoms with E-state index in [0.717, 1.165) is 9.79 Å². The van der Waals surface area contributed by atoms with Crippen LogP contribution >= 0.6 is 23.4 Å². The van der Waals surface area contributed by atoms with Gasteiger partial charge in [0.1, 0.15) is 5.75 Å². The van der Waals surface area contributed by atoms with Gasteiger partial charge in [-0.2, -0.15) is 0 Å². The molecule has 2 aromatic carbocycles. The molecule has 0 saturated carbocycles. The molecule has 0 unspecified atom stereocenters. The van der Waals surface area contributed by atoms with E-state index in [-0.39, 0.29) is 5.84 Å². The van der Waals surface area contributed by atoms with Crippen LogP contribution in [0.1, 0.15) is 5.56 Å². The van der Waals surface area contributed by atoms with Crippen molar-refractivity contribution in [1.29, 1.82) is 0 Å². The van der Waals surface area contributed by atoms with Crippen molar-refractivity contribution in [2.24, 2.45) is 10.9 Å². The van der Waals surface area contributed by atoms with Crippen LogP contribution in [-0.2, 0) is 0 Å². The molecule has 0 atom stereocenters. The summed E-state index contributed by atoms with van der Waals surface area (Å²) in [6.45, 7) is 0. The number of hydrogen-bond donors (Lipinski definition) is 2. The average molecular weight is 309 g/mol. The second kappa shape index (κ2) is 6.54. The van der Waals surface area contributed by atoms with Crippen LogP contribution in [0.25, 0.3) is 0 Å². The predicted molar refractivity (Wildman–Crippen MR) is 81.1 cm³/mol. The van der Waals surface area contributed by atoms with Crippen molar-refractivity contribution in [3.05, 3.63) is 53.1 Å². The standard InChI is InChI=1S/C14H13ClN2O2S/c1-19-9-6-7-10(14(16)17-18)13(8-9)20-12-5-3-2-4-11(12)15/h2-8,18H,1H3,(H2,16,17). The smallest absolute Gasteiger partial charge is 0.171 e. The average Bonchev–Trinajstić information content (AvgIpc) is 2.48. The largest absolute Gasteiger partial charge is 0.497 e. The summed E-state index contributed by atoms with van der Waals surface area (Å²) >= 11 is 7.58. The fourth-order valence-corrected chi connectivity index (χ4v) is 2.88. The number of nitrogens with two attached hydrogens (primary N) is 1. The van der Waals surface area contributed by atoms with Crippen molar-refractivity contribution in [1.82, 2.24) is 0 Å². The van der Waals surface area contributed by atoms with Crippen molar-refractivity contribution < 1.29 is 9.94 Å². The third kappa shape index (κ3) is 3.18. The highest BCUT2D eigenvalue weighted by molar-refractivity contribution is 7.99. The van der Waals surface area contributed by atoms with E-state index in [1.165, 1.54) is 11.8 Å². The number of methoxy groups -OCH3 is 1. The molecule has 0 heterocycles. The van der Waals surface area contributed by atoms with E-state index in [4.69, 9.17) is 27.3 Å².